The van der Waals surface area contributed by atoms with Crippen molar-refractivity contribution in [3.05, 3.63) is 160 Å². The number of hydrogen-bond acceptors (Lipinski definition) is 8. The summed E-state index contributed by atoms with van der Waals surface area (Å²) in [5, 5.41) is 2.16. The lowest BCUT2D eigenvalue weighted by Gasteiger charge is -2.27. The summed E-state index contributed by atoms with van der Waals surface area (Å²) in [6.45, 7) is 12.2. The number of anilines is 3. The van der Waals surface area contributed by atoms with Crippen LogP contribution < -0.4 is 10.2 Å². The zero-order chi connectivity index (χ0) is 50.1. The van der Waals surface area contributed by atoms with Crippen LogP contribution in [0.4, 0.5) is 61.9 Å². The highest BCUT2D eigenvalue weighted by Gasteiger charge is 2.31. The molecule has 10 nitrogen and oxygen atoms in total. The zero-order valence-electron chi connectivity index (χ0n) is 36.9. The number of ketones is 2. The van der Waals surface area contributed by atoms with Gasteiger partial charge in [0, 0.05) is 34.4 Å². The summed E-state index contributed by atoms with van der Waals surface area (Å²) in [5.41, 5.74) is -3.11. The van der Waals surface area contributed by atoms with Crippen molar-refractivity contribution in [3.8, 4) is 22.5 Å². The number of amides is 2. The molecule has 19 heteroatoms. The minimum absolute atomic E-state index is 0.0394. The topological polar surface area (TPSA) is 128 Å². The Balaban J connectivity index is 0.000000242. The second kappa shape index (κ2) is 21.9. The lowest BCUT2D eigenvalue weighted by molar-refractivity contribution is 0.0593. The second-order valence-corrected chi connectivity index (χ2v) is 16.5. The fourth-order valence-electron chi connectivity index (χ4n) is 5.68. The molecule has 0 radical (unpaired) electrons. The van der Waals surface area contributed by atoms with Crippen LogP contribution in [0.5, 0.6) is 0 Å². The maximum absolute atomic E-state index is 14.6. The average molecular weight is 957 g/mol. The van der Waals surface area contributed by atoms with E-state index in [1.54, 1.807) is 41.5 Å². The first-order valence-corrected chi connectivity index (χ1v) is 20.1. The molecule has 6 rings (SSSR count). The van der Waals surface area contributed by atoms with Gasteiger partial charge >= 0.3 is 12.2 Å². The Kier molecular flexibility index (Phi) is 17.1. The van der Waals surface area contributed by atoms with E-state index in [-0.39, 0.29) is 50.4 Å². The van der Waals surface area contributed by atoms with Crippen molar-refractivity contribution in [3.63, 3.8) is 0 Å². The molecule has 1 N–H and O–H groups in total. The third kappa shape index (κ3) is 14.4. The lowest BCUT2D eigenvalue weighted by atomic mass is 10.0. The smallest absolute Gasteiger partial charge is 0.420 e. The van der Waals surface area contributed by atoms with Crippen LogP contribution in [0, 0.1) is 46.5 Å². The molecule has 2 heterocycles. The highest BCUT2D eigenvalue weighted by molar-refractivity contribution is 6.29. The summed E-state index contributed by atoms with van der Waals surface area (Å²) < 4.78 is 120. The Bertz CT molecular complexity index is 2790. The molecule has 352 valence electrons. The first-order valence-electron chi connectivity index (χ1n) is 19.7. The third-order valence-corrected chi connectivity index (χ3v) is 8.64. The molecule has 0 fully saturated rings. The molecule has 0 bridgehead atoms. The number of benzene rings is 4. The predicted molar refractivity (Wildman–Crippen MR) is 235 cm³/mol. The number of para-hydroxylation sites is 2. The molecule has 6 aromatic rings. The van der Waals surface area contributed by atoms with Gasteiger partial charge in [0.2, 0.25) is 0 Å². The minimum atomic E-state index is -1.15. The van der Waals surface area contributed by atoms with Gasteiger partial charge in [0.05, 0.1) is 11.4 Å². The van der Waals surface area contributed by atoms with Crippen molar-refractivity contribution < 1.29 is 63.8 Å². The molecule has 0 aliphatic carbocycles. The van der Waals surface area contributed by atoms with Crippen LogP contribution in [0.25, 0.3) is 22.5 Å². The molecule has 0 aliphatic heterocycles. The van der Waals surface area contributed by atoms with E-state index in [0.717, 1.165) is 54.6 Å². The van der Waals surface area contributed by atoms with Gasteiger partial charge in [0.1, 0.15) is 80.1 Å². The molecule has 2 amide bonds. The fraction of sp³-hybridized carbons (Fsp3) is 0.208. The number of carbonyl (C=O) groups excluding carboxylic acids is 4. The number of nitrogens with zero attached hydrogens (tertiary/aromatic N) is 3. The summed E-state index contributed by atoms with van der Waals surface area (Å²) >= 11 is 5.74. The average Bonchev–Trinajstić information content (AvgIpc) is 3.19. The molecule has 0 aliphatic rings. The highest BCUT2D eigenvalue weighted by atomic mass is 35.5. The quantitative estimate of drug-likeness (QED) is 0.0952. The van der Waals surface area contributed by atoms with Crippen LogP contribution in [-0.2, 0) is 9.47 Å². The van der Waals surface area contributed by atoms with Crippen LogP contribution in [0.3, 0.4) is 0 Å². The van der Waals surface area contributed by atoms with Crippen molar-refractivity contribution in [1.29, 1.82) is 0 Å². The summed E-state index contributed by atoms with van der Waals surface area (Å²) in [7, 11) is 0. The van der Waals surface area contributed by atoms with Crippen molar-refractivity contribution in [1.82, 2.24) is 9.97 Å². The van der Waals surface area contributed by atoms with E-state index in [2.05, 4.69) is 9.97 Å². The number of ether oxygens (including phenoxy) is 2. The van der Waals surface area contributed by atoms with E-state index < -0.39 is 87.1 Å². The molecule has 67 heavy (non-hydrogen) atoms. The Morgan fingerprint density at radius 3 is 1.42 bits per heavy atom. The van der Waals surface area contributed by atoms with E-state index in [9.17, 15) is 54.3 Å². The van der Waals surface area contributed by atoms with Gasteiger partial charge < -0.3 is 9.47 Å². The number of carbonyl (C=O) groups is 4. The summed E-state index contributed by atoms with van der Waals surface area (Å²) in [6, 6.07) is 17.4. The maximum Gasteiger partial charge on any atom is 0.420 e. The van der Waals surface area contributed by atoms with Gasteiger partial charge in [0.25, 0.3) is 0 Å². The highest BCUT2D eigenvalue weighted by Crippen LogP contribution is 2.35. The van der Waals surface area contributed by atoms with E-state index in [1.165, 1.54) is 50.2 Å². The Morgan fingerprint density at radius 2 is 0.985 bits per heavy atom. The summed E-state index contributed by atoms with van der Waals surface area (Å²) in [6.07, 6.45) is -2.04. The van der Waals surface area contributed by atoms with Crippen molar-refractivity contribution in [2.24, 2.45) is 0 Å². The monoisotopic (exact) mass is 956 g/mol. The number of aromatic nitrogens is 2. The Morgan fingerprint density at radius 1 is 0.552 bits per heavy atom. The molecular weight excluding hydrogens is 916 g/mol. The van der Waals surface area contributed by atoms with Gasteiger partial charge in [-0.1, -0.05) is 23.7 Å². The normalized spacial score (nSPS) is 11.0. The number of Topliss-reactive ketones (excluding diaryl/α,β-unsaturated/α-hetero) is 2. The van der Waals surface area contributed by atoms with Crippen LogP contribution in [-0.4, -0.2) is 44.9 Å². The van der Waals surface area contributed by atoms with E-state index >= 15 is 0 Å². The molecule has 0 saturated heterocycles. The minimum Gasteiger partial charge on any atom is -0.444 e. The SMILES string of the molecule is CC(=O)c1ccc(Cl)nc1-c1ccc(F)cc1F.CC(=O)c1ccc(N(C(=O)OC(C)(C)C)c2c(F)cccc2F)nc1-c1ccc(F)cc1F.CC(C)(C)OC(=O)Nc1c(F)cccc1F. The van der Waals surface area contributed by atoms with E-state index in [4.69, 9.17) is 21.1 Å². The Labute approximate surface area is 384 Å². The molecule has 0 saturated carbocycles. The van der Waals surface area contributed by atoms with Gasteiger partial charge in [-0.3, -0.25) is 14.9 Å². The molecule has 0 atom stereocenters. The van der Waals surface area contributed by atoms with Gasteiger partial charge in [-0.25, -0.2) is 59.6 Å². The number of hydrogen-bond donors (Lipinski definition) is 1. The van der Waals surface area contributed by atoms with Crippen molar-refractivity contribution >= 4 is 52.5 Å². The molecule has 0 spiro atoms. The first-order chi connectivity index (χ1) is 31.2. The molecular formula is C48H41ClF8N4O6. The number of nitrogens with one attached hydrogen (secondary N) is 1. The first kappa shape index (κ1) is 52.4. The predicted octanol–water partition coefficient (Wildman–Crippen LogP) is 13.8. The molecule has 0 unspecified atom stereocenters. The standard InChI is InChI=1S/C24H20F4N2O3.C13H8ClF2NO.C11H13F2NO2/c1-13(31)15-10-11-20(29-21(15)16-9-8-14(25)12-19(16)28)30(23(32)33-24(2,3)4)22-17(26)6-5-7-18(22)27;1-7(18)9-4-5-12(14)17-13(9)10-3-2-8(15)6-11(10)16;1-11(2,3)16-10(15)14-9-7(12)5-4-6-8(9)13/h5-12H,1-4H3;2-6H,1H3;4-6H,1-3H3,(H,14,15). The van der Waals surface area contributed by atoms with Gasteiger partial charge in [-0.15, -0.1) is 0 Å². The van der Waals surface area contributed by atoms with Crippen LogP contribution in [0.15, 0.2) is 97.1 Å². The maximum atomic E-state index is 14.6. The Hall–Kier alpha value is -7.21. The number of rotatable bonds is 7. The number of pyridine rings is 2. The fourth-order valence-corrected chi connectivity index (χ4v) is 5.83. The molecule has 4 aromatic carbocycles. The van der Waals surface area contributed by atoms with Gasteiger partial charge in [-0.2, -0.15) is 0 Å². The summed E-state index contributed by atoms with van der Waals surface area (Å²) in [5.74, 6) is -8.26. The molecule has 2 aromatic heterocycles. The van der Waals surface area contributed by atoms with Crippen LogP contribution in [0.2, 0.25) is 5.15 Å². The van der Waals surface area contributed by atoms with Gasteiger partial charge in [-0.05, 0) is 128 Å². The summed E-state index contributed by atoms with van der Waals surface area (Å²) in [4.78, 5) is 56.5. The second-order valence-electron chi connectivity index (χ2n) is 16.1. The van der Waals surface area contributed by atoms with Crippen LogP contribution in [0.1, 0.15) is 76.1 Å². The lowest BCUT2D eigenvalue weighted by Crippen LogP contribution is -2.35. The largest absolute Gasteiger partial charge is 0.444 e. The van der Waals surface area contributed by atoms with Crippen molar-refractivity contribution in [2.45, 2.75) is 66.6 Å². The van der Waals surface area contributed by atoms with Gasteiger partial charge in [0.15, 0.2) is 11.6 Å². The van der Waals surface area contributed by atoms with E-state index in [0.29, 0.717) is 11.0 Å². The van der Waals surface area contributed by atoms with Crippen LogP contribution >= 0.6 is 11.6 Å². The van der Waals surface area contributed by atoms with E-state index in [1.807, 2.05) is 5.32 Å². The zero-order valence-corrected chi connectivity index (χ0v) is 37.7. The van der Waals surface area contributed by atoms with Crippen molar-refractivity contribution in [2.75, 3.05) is 10.2 Å². The number of halogens is 9. The third-order valence-electron chi connectivity index (χ3n) is 8.43.